The van der Waals surface area contributed by atoms with Gasteiger partial charge in [-0.3, -0.25) is 10.1 Å². The van der Waals surface area contributed by atoms with E-state index in [4.69, 9.17) is 0 Å². The van der Waals surface area contributed by atoms with E-state index in [1.54, 1.807) is 0 Å². The van der Waals surface area contributed by atoms with Crippen molar-refractivity contribution >= 4 is 21.4 Å². The lowest BCUT2D eigenvalue weighted by atomic mass is 10.0. The average Bonchev–Trinajstić information content (AvgIpc) is 2.44. The Labute approximate surface area is 136 Å². The summed E-state index contributed by atoms with van der Waals surface area (Å²) in [7, 11) is -3.24. The van der Waals surface area contributed by atoms with Crippen LogP contribution in [-0.4, -0.2) is 43.0 Å². The van der Waals surface area contributed by atoms with Gasteiger partial charge in [-0.1, -0.05) is 0 Å². The molecule has 1 aliphatic heterocycles. The van der Waals surface area contributed by atoms with Crippen LogP contribution in [0, 0.1) is 16.0 Å². The molecule has 1 aliphatic rings. The van der Waals surface area contributed by atoms with Crippen LogP contribution in [-0.2, 0) is 16.2 Å². The van der Waals surface area contributed by atoms with Gasteiger partial charge in [-0.15, -0.1) is 0 Å². The number of nitro groups is 1. The van der Waals surface area contributed by atoms with Gasteiger partial charge in [0.1, 0.15) is 5.56 Å². The van der Waals surface area contributed by atoms with Gasteiger partial charge in [0.2, 0.25) is 10.0 Å². The van der Waals surface area contributed by atoms with Crippen LogP contribution in [0.3, 0.4) is 0 Å². The Balaban J connectivity index is 2.01. The molecular formula is C13H16F3N3O4S. The smallest absolute Gasteiger partial charge is 0.385 e. The Hall–Kier alpha value is -1.88. The summed E-state index contributed by atoms with van der Waals surface area (Å²) in [5, 5.41) is 13.5. The first-order valence-electron chi connectivity index (χ1n) is 7.12. The fourth-order valence-electron chi connectivity index (χ4n) is 2.36. The molecule has 0 aromatic heterocycles. The third-order valence-corrected chi connectivity index (χ3v) is 5.59. The van der Waals surface area contributed by atoms with Crippen LogP contribution in [0.5, 0.6) is 0 Å². The molecule has 2 rings (SSSR count). The molecule has 11 heteroatoms. The number of nitrogens with one attached hydrogen (secondary N) is 1. The predicted molar refractivity (Wildman–Crippen MR) is 81.1 cm³/mol. The molecule has 0 amide bonds. The molecule has 0 bridgehead atoms. The lowest BCUT2D eigenvalue weighted by molar-refractivity contribution is -0.388. The zero-order valence-electron chi connectivity index (χ0n) is 12.7. The van der Waals surface area contributed by atoms with Gasteiger partial charge < -0.3 is 5.32 Å². The molecular weight excluding hydrogens is 351 g/mol. The van der Waals surface area contributed by atoms with Gasteiger partial charge in [-0.25, -0.2) is 12.7 Å². The molecule has 1 aromatic carbocycles. The molecule has 1 aromatic rings. The number of alkyl halides is 3. The van der Waals surface area contributed by atoms with E-state index in [0.717, 1.165) is 6.07 Å². The van der Waals surface area contributed by atoms with Gasteiger partial charge in [-0.2, -0.15) is 13.2 Å². The Bertz CT molecular complexity index is 730. The van der Waals surface area contributed by atoms with Gasteiger partial charge in [-0.05, 0) is 19.1 Å². The minimum atomic E-state index is -4.83. The van der Waals surface area contributed by atoms with Crippen LogP contribution in [0.15, 0.2) is 18.2 Å². The molecule has 0 spiro atoms. The molecule has 1 N–H and O–H groups in total. The summed E-state index contributed by atoms with van der Waals surface area (Å²) in [6.07, 6.45) is -4.83. The van der Waals surface area contributed by atoms with E-state index in [1.807, 2.05) is 0 Å². The fourth-order valence-corrected chi connectivity index (χ4v) is 3.60. The van der Waals surface area contributed by atoms with Crippen molar-refractivity contribution < 1.29 is 26.5 Å². The number of rotatable bonds is 6. The van der Waals surface area contributed by atoms with Crippen molar-refractivity contribution in [3.05, 3.63) is 33.9 Å². The van der Waals surface area contributed by atoms with Gasteiger partial charge in [0.25, 0.3) is 5.69 Å². The quantitative estimate of drug-likeness (QED) is 0.615. The number of nitrogens with zero attached hydrogens (tertiary/aromatic N) is 2. The normalized spacial score (nSPS) is 16.7. The van der Waals surface area contributed by atoms with Crippen molar-refractivity contribution in [1.29, 1.82) is 0 Å². The maximum absolute atomic E-state index is 12.9. The molecule has 7 nitrogen and oxygen atoms in total. The van der Waals surface area contributed by atoms with Crippen molar-refractivity contribution in [3.8, 4) is 0 Å². The van der Waals surface area contributed by atoms with Gasteiger partial charge in [0.05, 0.1) is 10.7 Å². The summed E-state index contributed by atoms with van der Waals surface area (Å²) in [5.41, 5.74) is -2.22. The Morgan fingerprint density at radius 2 is 2.00 bits per heavy atom. The summed E-state index contributed by atoms with van der Waals surface area (Å²) >= 11 is 0. The summed E-state index contributed by atoms with van der Waals surface area (Å²) in [6.45, 7) is 2.44. The van der Waals surface area contributed by atoms with Crippen LogP contribution >= 0.6 is 0 Å². The van der Waals surface area contributed by atoms with Crippen molar-refractivity contribution in [1.82, 2.24) is 4.31 Å². The standard InChI is InChI=1S/C13H16F3N3O4S/c1-2-24(22,23)18-7-9(8-18)6-17-10-3-4-12(19(20)21)11(5-10)13(14,15)16/h3-5,9,17H,2,6-8H2,1H3. The monoisotopic (exact) mass is 367 g/mol. The molecule has 1 saturated heterocycles. The van der Waals surface area contributed by atoms with Crippen LogP contribution < -0.4 is 5.32 Å². The highest BCUT2D eigenvalue weighted by atomic mass is 32.2. The Morgan fingerprint density at radius 3 is 2.50 bits per heavy atom. The second-order valence-corrected chi connectivity index (χ2v) is 7.71. The Morgan fingerprint density at radius 1 is 1.38 bits per heavy atom. The highest BCUT2D eigenvalue weighted by molar-refractivity contribution is 7.89. The summed E-state index contributed by atoms with van der Waals surface area (Å²) in [4.78, 5) is 9.61. The van der Waals surface area contributed by atoms with Crippen LogP contribution in [0.1, 0.15) is 12.5 Å². The number of anilines is 1. The summed E-state index contributed by atoms with van der Waals surface area (Å²) in [5.74, 6) is -0.0133. The molecule has 0 radical (unpaired) electrons. The van der Waals surface area contributed by atoms with Gasteiger partial charge >= 0.3 is 6.18 Å². The molecule has 134 valence electrons. The third-order valence-electron chi connectivity index (χ3n) is 3.78. The highest BCUT2D eigenvalue weighted by Crippen LogP contribution is 2.37. The number of sulfonamides is 1. The van der Waals surface area contributed by atoms with E-state index in [1.165, 1.54) is 17.3 Å². The van der Waals surface area contributed by atoms with Crippen LogP contribution in [0.2, 0.25) is 0 Å². The first-order valence-corrected chi connectivity index (χ1v) is 8.73. The summed E-state index contributed by atoms with van der Waals surface area (Å²) in [6, 6.07) is 2.70. The number of nitro benzene ring substituents is 1. The second-order valence-electron chi connectivity index (χ2n) is 5.45. The highest BCUT2D eigenvalue weighted by Gasteiger charge is 2.39. The zero-order valence-corrected chi connectivity index (χ0v) is 13.5. The zero-order chi connectivity index (χ0) is 18.1. The molecule has 24 heavy (non-hydrogen) atoms. The maximum atomic E-state index is 12.9. The van der Waals surface area contributed by atoms with Gasteiger partial charge in [0, 0.05) is 37.3 Å². The van der Waals surface area contributed by atoms with E-state index in [2.05, 4.69) is 5.32 Å². The maximum Gasteiger partial charge on any atom is 0.423 e. The number of hydrogen-bond donors (Lipinski definition) is 1. The van der Waals surface area contributed by atoms with Crippen molar-refractivity contribution in [3.63, 3.8) is 0 Å². The van der Waals surface area contributed by atoms with Crippen molar-refractivity contribution in [2.45, 2.75) is 13.1 Å². The number of halogens is 3. The van der Waals surface area contributed by atoms with Crippen LogP contribution in [0.25, 0.3) is 0 Å². The van der Waals surface area contributed by atoms with Crippen molar-refractivity contribution in [2.24, 2.45) is 5.92 Å². The van der Waals surface area contributed by atoms with Gasteiger partial charge in [0.15, 0.2) is 0 Å². The van der Waals surface area contributed by atoms with E-state index in [0.29, 0.717) is 19.2 Å². The second kappa shape index (κ2) is 6.55. The molecule has 1 heterocycles. The van der Waals surface area contributed by atoms with E-state index < -0.39 is 32.4 Å². The molecule has 0 atom stereocenters. The molecule has 0 aliphatic carbocycles. The molecule has 1 fully saturated rings. The molecule has 0 unspecified atom stereocenters. The largest absolute Gasteiger partial charge is 0.423 e. The third kappa shape index (κ3) is 3.96. The Kier molecular flexibility index (Phi) is 5.04. The van der Waals surface area contributed by atoms with E-state index >= 15 is 0 Å². The topological polar surface area (TPSA) is 92.6 Å². The first kappa shape index (κ1) is 18.5. The van der Waals surface area contributed by atoms with Crippen LogP contribution in [0.4, 0.5) is 24.5 Å². The SMILES string of the molecule is CCS(=O)(=O)N1CC(CNc2ccc([N+](=O)[O-])c(C(F)(F)F)c2)C1. The van der Waals surface area contributed by atoms with Crippen molar-refractivity contribution in [2.75, 3.05) is 30.7 Å². The lowest BCUT2D eigenvalue weighted by Gasteiger charge is -2.38. The number of benzene rings is 1. The number of hydrogen-bond acceptors (Lipinski definition) is 5. The predicted octanol–water partition coefficient (Wildman–Crippen LogP) is 2.31. The lowest BCUT2D eigenvalue weighted by Crippen LogP contribution is -2.52. The minimum Gasteiger partial charge on any atom is -0.385 e. The average molecular weight is 367 g/mol. The first-order chi connectivity index (χ1) is 11.0. The fraction of sp³-hybridized carbons (Fsp3) is 0.538. The summed E-state index contributed by atoms with van der Waals surface area (Å²) < 4.78 is 63.1. The molecule has 0 saturated carbocycles. The van der Waals surface area contributed by atoms with E-state index in [-0.39, 0.29) is 23.9 Å². The van der Waals surface area contributed by atoms with E-state index in [9.17, 15) is 31.7 Å². The minimum absolute atomic E-state index is 0.00441.